The fourth-order valence-electron chi connectivity index (χ4n) is 4.90. The molecular formula is C32H32F3N7O3S. The SMILES string of the molecule is COc1ccc(C(C)C)c(N2CCS/C2=N\C(O)NCC(C#N)c2ccc(-c3ncn(-c4ccc(OC(F)(F)F)cc4)n3)cc2)c1. The maximum atomic E-state index is 12.4. The van der Waals surface area contributed by atoms with Gasteiger partial charge in [0.05, 0.1) is 24.8 Å². The summed E-state index contributed by atoms with van der Waals surface area (Å²) in [6, 6.07) is 20.7. The van der Waals surface area contributed by atoms with Crippen LogP contribution in [0.25, 0.3) is 17.1 Å². The number of aliphatic imine (C=N–C) groups is 1. The summed E-state index contributed by atoms with van der Waals surface area (Å²) in [6.45, 7) is 5.16. The van der Waals surface area contributed by atoms with Gasteiger partial charge in [-0.25, -0.2) is 14.7 Å². The molecule has 2 unspecified atom stereocenters. The van der Waals surface area contributed by atoms with E-state index in [4.69, 9.17) is 4.74 Å². The van der Waals surface area contributed by atoms with Crippen LogP contribution in [0.15, 0.2) is 78.0 Å². The predicted octanol–water partition coefficient (Wildman–Crippen LogP) is 6.05. The molecule has 0 amide bonds. The number of nitriles is 1. The number of aliphatic hydroxyl groups is 1. The lowest BCUT2D eigenvalue weighted by Gasteiger charge is -2.24. The number of aromatic nitrogens is 3. The highest BCUT2D eigenvalue weighted by Gasteiger charge is 2.31. The Hall–Kier alpha value is -4.58. The first-order valence-corrected chi connectivity index (χ1v) is 15.4. The van der Waals surface area contributed by atoms with Crippen molar-refractivity contribution in [2.24, 2.45) is 4.99 Å². The van der Waals surface area contributed by atoms with Gasteiger partial charge in [-0.3, -0.25) is 5.32 Å². The van der Waals surface area contributed by atoms with E-state index in [2.05, 4.69) is 56.0 Å². The van der Waals surface area contributed by atoms with E-state index in [1.165, 1.54) is 35.3 Å². The average molecular weight is 652 g/mol. The topological polar surface area (TPSA) is 121 Å². The third-order valence-corrected chi connectivity index (χ3v) is 8.19. The van der Waals surface area contributed by atoms with Gasteiger partial charge in [-0.15, -0.1) is 18.3 Å². The number of rotatable bonds is 11. The van der Waals surface area contributed by atoms with Crippen LogP contribution in [0.5, 0.6) is 11.5 Å². The Balaban J connectivity index is 1.22. The second-order valence-corrected chi connectivity index (χ2v) is 11.7. The molecule has 1 aliphatic rings. The number of halogens is 3. The average Bonchev–Trinajstić information content (AvgIpc) is 3.71. The maximum absolute atomic E-state index is 12.4. The molecule has 4 aromatic rings. The molecule has 46 heavy (non-hydrogen) atoms. The number of benzene rings is 3. The summed E-state index contributed by atoms with van der Waals surface area (Å²) in [5, 5.41) is 28.7. The smallest absolute Gasteiger partial charge is 0.497 e. The van der Waals surface area contributed by atoms with E-state index in [1.54, 1.807) is 43.1 Å². The van der Waals surface area contributed by atoms with Crippen LogP contribution >= 0.6 is 11.8 Å². The number of alkyl halides is 3. The minimum Gasteiger partial charge on any atom is -0.497 e. The van der Waals surface area contributed by atoms with Crippen LogP contribution in [0.4, 0.5) is 18.9 Å². The van der Waals surface area contributed by atoms with Crippen LogP contribution in [0, 0.1) is 11.3 Å². The number of ether oxygens (including phenoxy) is 2. The van der Waals surface area contributed by atoms with E-state index < -0.39 is 18.6 Å². The molecule has 2 heterocycles. The summed E-state index contributed by atoms with van der Waals surface area (Å²) in [6.07, 6.45) is -4.53. The van der Waals surface area contributed by atoms with Gasteiger partial charge < -0.3 is 19.5 Å². The van der Waals surface area contributed by atoms with E-state index in [0.717, 1.165) is 34.9 Å². The Morgan fingerprint density at radius 2 is 1.80 bits per heavy atom. The molecule has 2 atom stereocenters. The zero-order valence-electron chi connectivity index (χ0n) is 25.3. The first-order valence-electron chi connectivity index (χ1n) is 14.4. The van der Waals surface area contributed by atoms with Crippen molar-refractivity contribution in [3.05, 3.63) is 84.2 Å². The molecule has 0 saturated carbocycles. The van der Waals surface area contributed by atoms with Crippen LogP contribution in [0.3, 0.4) is 0 Å². The number of methoxy groups -OCH3 is 1. The Morgan fingerprint density at radius 1 is 1.09 bits per heavy atom. The van der Waals surface area contributed by atoms with Gasteiger partial charge in [-0.1, -0.05) is 55.9 Å². The van der Waals surface area contributed by atoms with Crippen LogP contribution in [0.1, 0.15) is 36.8 Å². The van der Waals surface area contributed by atoms with Crippen molar-refractivity contribution < 1.29 is 27.8 Å². The number of nitrogens with one attached hydrogen (secondary N) is 1. The molecule has 0 aliphatic carbocycles. The molecule has 0 radical (unpaired) electrons. The van der Waals surface area contributed by atoms with Gasteiger partial charge in [0.25, 0.3) is 0 Å². The highest BCUT2D eigenvalue weighted by Crippen LogP contribution is 2.35. The van der Waals surface area contributed by atoms with Gasteiger partial charge >= 0.3 is 6.36 Å². The molecule has 10 nitrogen and oxygen atoms in total. The lowest BCUT2D eigenvalue weighted by Crippen LogP contribution is -2.34. The summed E-state index contributed by atoms with van der Waals surface area (Å²) in [7, 11) is 1.63. The van der Waals surface area contributed by atoms with Gasteiger partial charge in [0.2, 0.25) is 6.35 Å². The van der Waals surface area contributed by atoms with Gasteiger partial charge in [-0.05, 0) is 47.4 Å². The molecule has 1 fully saturated rings. The summed E-state index contributed by atoms with van der Waals surface area (Å²) >= 11 is 1.56. The van der Waals surface area contributed by atoms with Gasteiger partial charge in [0.1, 0.15) is 17.8 Å². The van der Waals surface area contributed by atoms with Crippen molar-refractivity contribution >= 4 is 22.6 Å². The van der Waals surface area contributed by atoms with Crippen molar-refractivity contribution in [1.82, 2.24) is 20.1 Å². The Bertz CT molecular complexity index is 1700. The third kappa shape index (κ3) is 7.97. The second kappa shape index (κ2) is 14.2. The van der Waals surface area contributed by atoms with E-state index in [0.29, 0.717) is 22.2 Å². The zero-order chi connectivity index (χ0) is 32.8. The minimum atomic E-state index is -4.77. The molecule has 2 N–H and O–H groups in total. The monoisotopic (exact) mass is 651 g/mol. The summed E-state index contributed by atoms with van der Waals surface area (Å²) in [5.41, 5.74) is 4.07. The fraction of sp³-hybridized carbons (Fsp3) is 0.312. The number of hydrogen-bond donors (Lipinski definition) is 2. The lowest BCUT2D eigenvalue weighted by atomic mass is 9.99. The Morgan fingerprint density at radius 3 is 2.46 bits per heavy atom. The van der Waals surface area contributed by atoms with Crippen molar-refractivity contribution in [2.75, 3.05) is 30.9 Å². The molecule has 3 aromatic carbocycles. The minimum absolute atomic E-state index is 0.162. The van der Waals surface area contributed by atoms with Crippen LogP contribution < -0.4 is 19.7 Å². The molecule has 0 bridgehead atoms. The molecule has 5 rings (SSSR count). The lowest BCUT2D eigenvalue weighted by molar-refractivity contribution is -0.274. The van der Waals surface area contributed by atoms with Crippen LogP contribution in [0.2, 0.25) is 0 Å². The highest BCUT2D eigenvalue weighted by atomic mass is 32.2. The van der Waals surface area contributed by atoms with E-state index in [-0.39, 0.29) is 18.2 Å². The first kappa shape index (κ1) is 32.8. The third-order valence-electron chi connectivity index (χ3n) is 7.22. The molecule has 0 spiro atoms. The Labute approximate surface area is 268 Å². The molecule has 1 saturated heterocycles. The second-order valence-electron chi connectivity index (χ2n) is 10.6. The molecule has 1 aromatic heterocycles. The van der Waals surface area contributed by atoms with Crippen LogP contribution in [-0.4, -0.2) is 63.7 Å². The van der Waals surface area contributed by atoms with Crippen molar-refractivity contribution in [3.63, 3.8) is 0 Å². The van der Waals surface area contributed by atoms with E-state index >= 15 is 0 Å². The van der Waals surface area contributed by atoms with Crippen molar-refractivity contribution in [2.45, 2.75) is 38.4 Å². The van der Waals surface area contributed by atoms with E-state index in [9.17, 15) is 23.5 Å². The molecule has 240 valence electrons. The number of nitrogens with zero attached hydrogens (tertiary/aromatic N) is 6. The molecule has 1 aliphatic heterocycles. The van der Waals surface area contributed by atoms with Gasteiger partial charge in [0.15, 0.2) is 11.0 Å². The number of thioether (sulfide) groups is 1. The molecule has 14 heteroatoms. The fourth-order valence-corrected chi connectivity index (χ4v) is 5.88. The summed E-state index contributed by atoms with van der Waals surface area (Å²) < 4.78 is 48.1. The number of hydrogen-bond acceptors (Lipinski definition) is 9. The largest absolute Gasteiger partial charge is 0.573 e. The first-order chi connectivity index (χ1) is 22.0. The number of anilines is 1. The van der Waals surface area contributed by atoms with Gasteiger partial charge in [-0.2, -0.15) is 5.26 Å². The molecular weight excluding hydrogens is 619 g/mol. The van der Waals surface area contributed by atoms with Gasteiger partial charge in [0, 0.05) is 36.2 Å². The highest BCUT2D eigenvalue weighted by molar-refractivity contribution is 8.14. The summed E-state index contributed by atoms with van der Waals surface area (Å²) in [4.78, 5) is 10.9. The number of aliphatic hydroxyl groups excluding tert-OH is 1. The van der Waals surface area contributed by atoms with Crippen molar-refractivity contribution in [1.29, 1.82) is 5.26 Å². The number of amidine groups is 1. The normalized spacial score (nSPS) is 15.6. The zero-order valence-corrected chi connectivity index (χ0v) is 26.1. The van der Waals surface area contributed by atoms with E-state index in [1.807, 2.05) is 12.1 Å². The standard InChI is InChI=1S/C32H32F3N7O3S/c1-20(2)27-13-12-26(44-3)16-28(27)41-14-15-46-31(41)39-30(43)37-18-23(17-36)21-4-6-22(7-5-21)29-38-19-42(40-29)24-8-10-25(11-9-24)45-32(33,34)35/h4-13,16,19-20,23,30,37,43H,14-15,18H2,1-3H3/b39-31-. The Kier molecular flexibility index (Phi) is 10.2. The summed E-state index contributed by atoms with van der Waals surface area (Å²) in [5.74, 6) is 1.35. The predicted molar refractivity (Wildman–Crippen MR) is 170 cm³/mol. The quantitative estimate of drug-likeness (QED) is 0.187. The van der Waals surface area contributed by atoms with Crippen LogP contribution in [-0.2, 0) is 0 Å². The van der Waals surface area contributed by atoms with Crippen molar-refractivity contribution in [3.8, 4) is 34.6 Å². The maximum Gasteiger partial charge on any atom is 0.573 e.